The lowest BCUT2D eigenvalue weighted by molar-refractivity contribution is -0.146. The third-order valence-corrected chi connectivity index (χ3v) is 2.29. The van der Waals surface area contributed by atoms with E-state index in [4.69, 9.17) is 14.6 Å². The van der Waals surface area contributed by atoms with Gasteiger partial charge in [-0.3, -0.25) is 4.79 Å². The summed E-state index contributed by atoms with van der Waals surface area (Å²) in [6, 6.07) is 0. The van der Waals surface area contributed by atoms with Crippen LogP contribution in [0.1, 0.15) is 13.3 Å². The minimum Gasteiger partial charge on any atom is -0.481 e. The van der Waals surface area contributed by atoms with Gasteiger partial charge in [0.05, 0.1) is 18.1 Å². The van der Waals surface area contributed by atoms with Gasteiger partial charge >= 0.3 is 5.97 Å². The molecule has 0 aromatic heterocycles. The van der Waals surface area contributed by atoms with Crippen LogP contribution in [-0.2, 0) is 14.3 Å². The van der Waals surface area contributed by atoms with Crippen LogP contribution in [0.4, 0.5) is 0 Å². The maximum atomic E-state index is 10.7. The van der Waals surface area contributed by atoms with Gasteiger partial charge in [0, 0.05) is 13.7 Å². The van der Waals surface area contributed by atoms with Crippen molar-refractivity contribution in [3.8, 4) is 0 Å². The Labute approximate surface area is 71.5 Å². The van der Waals surface area contributed by atoms with Crippen LogP contribution in [0.2, 0.25) is 0 Å². The molecule has 3 unspecified atom stereocenters. The van der Waals surface area contributed by atoms with E-state index in [0.29, 0.717) is 13.0 Å². The van der Waals surface area contributed by atoms with Crippen LogP contribution in [0.5, 0.6) is 0 Å². The number of hydrogen-bond acceptors (Lipinski definition) is 3. The van der Waals surface area contributed by atoms with Gasteiger partial charge in [-0.2, -0.15) is 0 Å². The van der Waals surface area contributed by atoms with Crippen LogP contribution in [0.25, 0.3) is 0 Å². The summed E-state index contributed by atoms with van der Waals surface area (Å²) in [6.45, 7) is 2.35. The summed E-state index contributed by atoms with van der Waals surface area (Å²) in [4.78, 5) is 10.7. The van der Waals surface area contributed by atoms with Crippen LogP contribution in [0.3, 0.4) is 0 Å². The second kappa shape index (κ2) is 3.87. The van der Waals surface area contributed by atoms with Crippen LogP contribution in [-0.4, -0.2) is 37.0 Å². The van der Waals surface area contributed by atoms with Gasteiger partial charge in [0.1, 0.15) is 0 Å². The summed E-state index contributed by atoms with van der Waals surface area (Å²) in [7, 11) is 1.56. The summed E-state index contributed by atoms with van der Waals surface area (Å²) in [5, 5.41) is 8.79. The largest absolute Gasteiger partial charge is 0.481 e. The molecule has 0 radical (unpaired) electrons. The molecule has 12 heavy (non-hydrogen) atoms. The number of carboxylic acids is 1. The fraction of sp³-hybridized carbons (Fsp3) is 0.875. The van der Waals surface area contributed by atoms with E-state index < -0.39 is 11.9 Å². The van der Waals surface area contributed by atoms with Gasteiger partial charge in [0.15, 0.2) is 0 Å². The Morgan fingerprint density at radius 1 is 1.75 bits per heavy atom. The van der Waals surface area contributed by atoms with E-state index in [0.717, 1.165) is 0 Å². The van der Waals surface area contributed by atoms with E-state index in [1.54, 1.807) is 7.11 Å². The molecule has 4 heteroatoms. The summed E-state index contributed by atoms with van der Waals surface area (Å²) in [6.07, 6.45) is 0.161. The zero-order valence-corrected chi connectivity index (χ0v) is 7.32. The van der Waals surface area contributed by atoms with E-state index >= 15 is 0 Å². The molecule has 0 spiro atoms. The Morgan fingerprint density at radius 2 is 2.42 bits per heavy atom. The maximum Gasteiger partial charge on any atom is 0.309 e. The fourth-order valence-corrected chi connectivity index (χ4v) is 1.47. The number of carbonyl (C=O) groups is 1. The molecule has 70 valence electrons. The molecule has 4 nitrogen and oxygen atoms in total. The van der Waals surface area contributed by atoms with Gasteiger partial charge in [-0.05, 0) is 13.3 Å². The number of ether oxygens (including phenoxy) is 2. The first-order valence-corrected chi connectivity index (χ1v) is 4.04. The van der Waals surface area contributed by atoms with Crippen LogP contribution in [0.15, 0.2) is 0 Å². The van der Waals surface area contributed by atoms with Crippen molar-refractivity contribution in [1.82, 2.24) is 0 Å². The topological polar surface area (TPSA) is 55.8 Å². The first kappa shape index (κ1) is 9.48. The Morgan fingerprint density at radius 3 is 2.92 bits per heavy atom. The molecule has 0 amide bonds. The van der Waals surface area contributed by atoms with Crippen molar-refractivity contribution in [3.05, 3.63) is 0 Å². The number of carboxylic acid groups (broad SMARTS) is 1. The van der Waals surface area contributed by atoms with Crippen molar-refractivity contribution in [2.24, 2.45) is 5.92 Å². The molecule has 1 N–H and O–H groups in total. The Hall–Kier alpha value is -0.610. The lowest BCUT2D eigenvalue weighted by atomic mass is 9.98. The summed E-state index contributed by atoms with van der Waals surface area (Å²) in [5.41, 5.74) is 0. The first-order chi connectivity index (χ1) is 5.66. The number of hydrogen-bond donors (Lipinski definition) is 1. The van der Waals surface area contributed by atoms with Crippen LogP contribution >= 0.6 is 0 Å². The molecule has 0 aromatic rings. The highest BCUT2D eigenvalue weighted by atomic mass is 16.5. The SMILES string of the molecule is COC(C)C1OCCC1C(=O)O. The molecule has 0 aromatic carbocycles. The molecule has 0 aliphatic carbocycles. The number of rotatable bonds is 3. The van der Waals surface area contributed by atoms with Gasteiger partial charge in [-0.1, -0.05) is 0 Å². The van der Waals surface area contributed by atoms with Crippen molar-refractivity contribution >= 4 is 5.97 Å². The highest BCUT2D eigenvalue weighted by Gasteiger charge is 2.37. The van der Waals surface area contributed by atoms with Gasteiger partial charge in [-0.25, -0.2) is 0 Å². The number of aliphatic carboxylic acids is 1. The van der Waals surface area contributed by atoms with Crippen molar-refractivity contribution < 1.29 is 19.4 Å². The Bertz CT molecular complexity index is 168. The van der Waals surface area contributed by atoms with Gasteiger partial charge in [0.2, 0.25) is 0 Å². The van der Waals surface area contributed by atoms with Crippen molar-refractivity contribution in [2.75, 3.05) is 13.7 Å². The van der Waals surface area contributed by atoms with Crippen LogP contribution < -0.4 is 0 Å². The molecule has 3 atom stereocenters. The lowest BCUT2D eigenvalue weighted by Crippen LogP contribution is -2.34. The molecule has 1 aliphatic heterocycles. The molecule has 1 fully saturated rings. The molecule has 0 bridgehead atoms. The average molecular weight is 174 g/mol. The minimum absolute atomic E-state index is 0.145. The molecule has 1 aliphatic rings. The monoisotopic (exact) mass is 174 g/mol. The molecular formula is C8H14O4. The third-order valence-electron chi connectivity index (χ3n) is 2.29. The average Bonchev–Trinajstić information content (AvgIpc) is 2.50. The summed E-state index contributed by atoms with van der Waals surface area (Å²) >= 11 is 0. The van der Waals surface area contributed by atoms with Gasteiger partial charge in [0.25, 0.3) is 0 Å². The quantitative estimate of drug-likeness (QED) is 0.677. The minimum atomic E-state index is -0.790. The van der Waals surface area contributed by atoms with Gasteiger partial charge < -0.3 is 14.6 Å². The third kappa shape index (κ3) is 1.76. The van der Waals surface area contributed by atoms with Crippen LogP contribution in [0, 0.1) is 5.92 Å². The van der Waals surface area contributed by atoms with E-state index in [1.807, 2.05) is 6.92 Å². The van der Waals surface area contributed by atoms with Gasteiger partial charge in [-0.15, -0.1) is 0 Å². The predicted molar refractivity (Wildman–Crippen MR) is 42.0 cm³/mol. The summed E-state index contributed by atoms with van der Waals surface area (Å²) < 4.78 is 10.3. The molecule has 1 saturated heterocycles. The van der Waals surface area contributed by atoms with E-state index in [9.17, 15) is 4.79 Å². The summed E-state index contributed by atoms with van der Waals surface area (Å²) in [5.74, 6) is -1.19. The van der Waals surface area contributed by atoms with Crippen molar-refractivity contribution in [2.45, 2.75) is 25.6 Å². The number of methoxy groups -OCH3 is 1. The van der Waals surface area contributed by atoms with E-state index in [1.165, 1.54) is 0 Å². The van der Waals surface area contributed by atoms with Crippen molar-refractivity contribution in [3.63, 3.8) is 0 Å². The molecule has 1 rings (SSSR count). The molecule has 0 saturated carbocycles. The zero-order chi connectivity index (χ0) is 9.14. The highest BCUT2D eigenvalue weighted by molar-refractivity contribution is 5.71. The zero-order valence-electron chi connectivity index (χ0n) is 7.32. The highest BCUT2D eigenvalue weighted by Crippen LogP contribution is 2.24. The fourth-order valence-electron chi connectivity index (χ4n) is 1.47. The lowest BCUT2D eigenvalue weighted by Gasteiger charge is -2.20. The maximum absolute atomic E-state index is 10.7. The second-order valence-corrected chi connectivity index (χ2v) is 3.01. The van der Waals surface area contributed by atoms with E-state index in [-0.39, 0.29) is 12.2 Å². The Kier molecular flexibility index (Phi) is 3.05. The normalized spacial score (nSPS) is 31.8. The first-order valence-electron chi connectivity index (χ1n) is 4.04. The predicted octanol–water partition coefficient (Wildman–Crippen LogP) is 0.511. The Balaban J connectivity index is 2.57. The molecular weight excluding hydrogens is 160 g/mol. The van der Waals surface area contributed by atoms with Crippen molar-refractivity contribution in [1.29, 1.82) is 0 Å². The standard InChI is InChI=1S/C8H14O4/c1-5(11-2)7-6(8(9)10)3-4-12-7/h5-7H,3-4H2,1-2H3,(H,9,10). The van der Waals surface area contributed by atoms with E-state index in [2.05, 4.69) is 0 Å². The second-order valence-electron chi connectivity index (χ2n) is 3.01. The molecule has 1 heterocycles. The smallest absolute Gasteiger partial charge is 0.309 e.